The highest BCUT2D eigenvalue weighted by Crippen LogP contribution is 2.16. The summed E-state index contributed by atoms with van der Waals surface area (Å²) >= 11 is 3.37. The first-order valence-electron chi connectivity index (χ1n) is 3.96. The molecule has 2 heterocycles. The van der Waals surface area contributed by atoms with Gasteiger partial charge in [0.25, 0.3) is 0 Å². The molecule has 2 aromatic heterocycles. The Labute approximate surface area is 84.2 Å². The third-order valence-corrected chi connectivity index (χ3v) is 2.50. The van der Waals surface area contributed by atoms with Gasteiger partial charge in [0, 0.05) is 10.7 Å². The SMILES string of the molecule is Cc1nc2ccc(Br)cn2c1CO. The number of pyridine rings is 1. The van der Waals surface area contributed by atoms with Crippen molar-refractivity contribution in [2.45, 2.75) is 13.5 Å². The second-order valence-corrected chi connectivity index (χ2v) is 3.79. The lowest BCUT2D eigenvalue weighted by molar-refractivity contribution is 0.275. The lowest BCUT2D eigenvalue weighted by Crippen LogP contribution is -1.93. The lowest BCUT2D eigenvalue weighted by atomic mass is 10.3. The molecule has 0 aliphatic rings. The molecule has 0 aliphatic carbocycles. The molecule has 2 aromatic rings. The van der Waals surface area contributed by atoms with Gasteiger partial charge in [-0.1, -0.05) is 0 Å². The Hall–Kier alpha value is -0.870. The molecule has 0 amide bonds. The largest absolute Gasteiger partial charge is 0.390 e. The number of nitrogens with zero attached hydrogens (tertiary/aromatic N) is 2. The molecular weight excluding hydrogens is 232 g/mol. The molecule has 1 N–H and O–H groups in total. The summed E-state index contributed by atoms with van der Waals surface area (Å²) in [6.07, 6.45) is 1.90. The van der Waals surface area contributed by atoms with Crippen molar-refractivity contribution in [3.05, 3.63) is 34.2 Å². The molecule has 0 atom stereocenters. The summed E-state index contributed by atoms with van der Waals surface area (Å²) in [6, 6.07) is 3.85. The first-order valence-corrected chi connectivity index (χ1v) is 4.75. The topological polar surface area (TPSA) is 37.5 Å². The number of aliphatic hydroxyl groups excluding tert-OH is 1. The van der Waals surface area contributed by atoms with Crippen molar-refractivity contribution in [3.8, 4) is 0 Å². The highest BCUT2D eigenvalue weighted by molar-refractivity contribution is 9.10. The summed E-state index contributed by atoms with van der Waals surface area (Å²) in [5.41, 5.74) is 2.58. The van der Waals surface area contributed by atoms with Gasteiger partial charge in [-0.15, -0.1) is 0 Å². The third-order valence-electron chi connectivity index (χ3n) is 2.03. The molecule has 0 aromatic carbocycles. The zero-order valence-electron chi connectivity index (χ0n) is 7.16. The summed E-state index contributed by atoms with van der Waals surface area (Å²) < 4.78 is 2.87. The van der Waals surface area contributed by atoms with Gasteiger partial charge in [0.2, 0.25) is 0 Å². The second-order valence-electron chi connectivity index (χ2n) is 2.88. The van der Waals surface area contributed by atoms with Crippen LogP contribution in [-0.4, -0.2) is 14.5 Å². The predicted octanol–water partition coefficient (Wildman–Crippen LogP) is 1.90. The van der Waals surface area contributed by atoms with Crippen LogP contribution < -0.4 is 0 Å². The van der Waals surface area contributed by atoms with Crippen LogP contribution in [0.25, 0.3) is 5.65 Å². The fourth-order valence-electron chi connectivity index (χ4n) is 1.38. The minimum atomic E-state index is 0.0173. The van der Waals surface area contributed by atoms with Crippen molar-refractivity contribution in [2.24, 2.45) is 0 Å². The molecule has 0 unspecified atom stereocenters. The van der Waals surface area contributed by atoms with E-state index in [1.54, 1.807) is 0 Å². The van der Waals surface area contributed by atoms with E-state index in [2.05, 4.69) is 20.9 Å². The second kappa shape index (κ2) is 3.12. The van der Waals surface area contributed by atoms with Crippen LogP contribution in [0.2, 0.25) is 0 Å². The standard InChI is InChI=1S/C9H9BrN2O/c1-6-8(5-13)12-4-7(10)2-3-9(12)11-6/h2-4,13H,5H2,1H3. The molecule has 0 aliphatic heterocycles. The molecular formula is C9H9BrN2O. The fourth-order valence-corrected chi connectivity index (χ4v) is 1.71. The lowest BCUT2D eigenvalue weighted by Gasteiger charge is -1.98. The van der Waals surface area contributed by atoms with Gasteiger partial charge in [-0.3, -0.25) is 0 Å². The summed E-state index contributed by atoms with van der Waals surface area (Å²) in [7, 11) is 0. The first kappa shape index (κ1) is 8.72. The zero-order valence-corrected chi connectivity index (χ0v) is 8.74. The van der Waals surface area contributed by atoms with E-state index in [1.807, 2.05) is 29.7 Å². The van der Waals surface area contributed by atoms with Gasteiger partial charge < -0.3 is 9.51 Å². The molecule has 3 nitrogen and oxygen atoms in total. The van der Waals surface area contributed by atoms with Crippen molar-refractivity contribution in [3.63, 3.8) is 0 Å². The minimum Gasteiger partial charge on any atom is -0.390 e. The number of aryl methyl sites for hydroxylation is 1. The van der Waals surface area contributed by atoms with E-state index in [-0.39, 0.29) is 6.61 Å². The van der Waals surface area contributed by atoms with Crippen molar-refractivity contribution >= 4 is 21.6 Å². The molecule has 0 radical (unpaired) electrons. The number of imidazole rings is 1. The first-order chi connectivity index (χ1) is 6.22. The van der Waals surface area contributed by atoms with Crippen LogP contribution in [0.5, 0.6) is 0 Å². The van der Waals surface area contributed by atoms with E-state index < -0.39 is 0 Å². The fraction of sp³-hybridized carbons (Fsp3) is 0.222. The van der Waals surface area contributed by atoms with Crippen LogP contribution in [0.3, 0.4) is 0 Å². The van der Waals surface area contributed by atoms with E-state index >= 15 is 0 Å². The summed E-state index contributed by atoms with van der Waals surface area (Å²) in [5, 5.41) is 9.12. The van der Waals surface area contributed by atoms with Crippen LogP contribution in [0.1, 0.15) is 11.4 Å². The Morgan fingerprint density at radius 2 is 2.31 bits per heavy atom. The molecule has 0 saturated carbocycles. The molecule has 0 spiro atoms. The normalized spacial score (nSPS) is 11.0. The predicted molar refractivity (Wildman–Crippen MR) is 53.6 cm³/mol. The van der Waals surface area contributed by atoms with E-state index in [9.17, 15) is 0 Å². The molecule has 4 heteroatoms. The van der Waals surface area contributed by atoms with Crippen molar-refractivity contribution in [2.75, 3.05) is 0 Å². The van der Waals surface area contributed by atoms with Gasteiger partial charge in [0.1, 0.15) is 5.65 Å². The van der Waals surface area contributed by atoms with Crippen LogP contribution in [0.4, 0.5) is 0 Å². The molecule has 2 rings (SSSR count). The molecule has 0 bridgehead atoms. The van der Waals surface area contributed by atoms with Crippen LogP contribution in [-0.2, 0) is 6.61 Å². The number of aromatic nitrogens is 2. The van der Waals surface area contributed by atoms with Crippen LogP contribution in [0.15, 0.2) is 22.8 Å². The number of aliphatic hydroxyl groups is 1. The van der Waals surface area contributed by atoms with E-state index in [0.29, 0.717) is 0 Å². The molecule has 0 saturated heterocycles. The number of halogens is 1. The Morgan fingerprint density at radius 1 is 1.54 bits per heavy atom. The van der Waals surface area contributed by atoms with E-state index in [4.69, 9.17) is 5.11 Å². The third kappa shape index (κ3) is 1.36. The zero-order chi connectivity index (χ0) is 9.42. The summed E-state index contributed by atoms with van der Waals surface area (Å²) in [4.78, 5) is 4.31. The monoisotopic (exact) mass is 240 g/mol. The minimum absolute atomic E-state index is 0.0173. The maximum Gasteiger partial charge on any atom is 0.137 e. The molecule has 0 fully saturated rings. The number of hydrogen-bond acceptors (Lipinski definition) is 2. The summed E-state index contributed by atoms with van der Waals surface area (Å²) in [5.74, 6) is 0. The number of rotatable bonds is 1. The Balaban J connectivity index is 2.80. The maximum absolute atomic E-state index is 9.12. The average Bonchev–Trinajstić information content (AvgIpc) is 2.40. The van der Waals surface area contributed by atoms with Gasteiger partial charge in [-0.25, -0.2) is 4.98 Å². The van der Waals surface area contributed by atoms with Gasteiger partial charge in [-0.05, 0) is 35.0 Å². The van der Waals surface area contributed by atoms with Gasteiger partial charge in [0.15, 0.2) is 0 Å². The average molecular weight is 241 g/mol. The quantitative estimate of drug-likeness (QED) is 0.827. The van der Waals surface area contributed by atoms with Gasteiger partial charge >= 0.3 is 0 Å². The van der Waals surface area contributed by atoms with E-state index in [0.717, 1.165) is 21.5 Å². The molecule has 13 heavy (non-hydrogen) atoms. The molecule has 68 valence electrons. The van der Waals surface area contributed by atoms with E-state index in [1.165, 1.54) is 0 Å². The Morgan fingerprint density at radius 3 is 3.00 bits per heavy atom. The number of fused-ring (bicyclic) bond motifs is 1. The Kier molecular flexibility index (Phi) is 2.09. The van der Waals surface area contributed by atoms with Crippen LogP contribution >= 0.6 is 15.9 Å². The summed E-state index contributed by atoms with van der Waals surface area (Å²) in [6.45, 7) is 1.91. The van der Waals surface area contributed by atoms with Gasteiger partial charge in [-0.2, -0.15) is 0 Å². The Bertz CT molecular complexity index is 450. The van der Waals surface area contributed by atoms with Crippen molar-refractivity contribution in [1.82, 2.24) is 9.38 Å². The maximum atomic E-state index is 9.12. The van der Waals surface area contributed by atoms with Gasteiger partial charge in [0.05, 0.1) is 18.0 Å². The van der Waals surface area contributed by atoms with Crippen LogP contribution in [0, 0.1) is 6.92 Å². The smallest absolute Gasteiger partial charge is 0.137 e. The van der Waals surface area contributed by atoms with Crippen molar-refractivity contribution < 1.29 is 5.11 Å². The van der Waals surface area contributed by atoms with Crippen molar-refractivity contribution in [1.29, 1.82) is 0 Å². The number of hydrogen-bond donors (Lipinski definition) is 1. The highest BCUT2D eigenvalue weighted by atomic mass is 79.9. The highest BCUT2D eigenvalue weighted by Gasteiger charge is 2.06.